The van der Waals surface area contributed by atoms with E-state index in [0.29, 0.717) is 19.5 Å². The molecule has 0 spiro atoms. The fourth-order valence-corrected chi connectivity index (χ4v) is 0.847. The Kier molecular flexibility index (Phi) is 6.24. The van der Waals surface area contributed by atoms with Crippen molar-refractivity contribution >= 4 is 0 Å². The molecule has 0 aliphatic carbocycles. The van der Waals surface area contributed by atoms with Crippen molar-refractivity contribution in [3.05, 3.63) is 0 Å². The van der Waals surface area contributed by atoms with Crippen molar-refractivity contribution in [2.75, 3.05) is 26.3 Å². The summed E-state index contributed by atoms with van der Waals surface area (Å²) >= 11 is 0. The topological polar surface area (TPSA) is 72.7 Å². The van der Waals surface area contributed by atoms with Crippen molar-refractivity contribution in [2.45, 2.75) is 26.4 Å². The second-order valence-electron chi connectivity index (χ2n) is 3.82. The molecule has 13 heavy (non-hydrogen) atoms. The average molecular weight is 191 g/mol. The molecule has 4 heteroatoms. The van der Waals surface area contributed by atoms with Crippen molar-refractivity contribution in [1.29, 1.82) is 0 Å². The number of aliphatic hydroxyl groups is 3. The maximum Gasteiger partial charge on any atom is 0.0662 e. The van der Waals surface area contributed by atoms with Gasteiger partial charge in [0.25, 0.3) is 0 Å². The van der Waals surface area contributed by atoms with Crippen LogP contribution in [0.5, 0.6) is 0 Å². The summed E-state index contributed by atoms with van der Waals surface area (Å²) in [5, 5.41) is 30.1. The molecule has 0 saturated carbocycles. The van der Waals surface area contributed by atoms with Gasteiger partial charge >= 0.3 is 0 Å². The molecule has 80 valence electrons. The van der Waals surface area contributed by atoms with Crippen molar-refractivity contribution in [3.8, 4) is 0 Å². The van der Waals surface area contributed by atoms with E-state index >= 15 is 0 Å². The lowest BCUT2D eigenvalue weighted by molar-refractivity contribution is 0.0653. The lowest BCUT2D eigenvalue weighted by Crippen LogP contribution is -2.40. The summed E-state index contributed by atoms with van der Waals surface area (Å²) in [5.41, 5.74) is -0.493. The van der Waals surface area contributed by atoms with Gasteiger partial charge in [-0.2, -0.15) is 0 Å². The third-order valence-corrected chi connectivity index (χ3v) is 2.17. The van der Waals surface area contributed by atoms with Gasteiger partial charge in [0, 0.05) is 18.5 Å². The number of hydrogen-bond acceptors (Lipinski definition) is 4. The fourth-order valence-electron chi connectivity index (χ4n) is 0.847. The van der Waals surface area contributed by atoms with Crippen LogP contribution in [0.3, 0.4) is 0 Å². The van der Waals surface area contributed by atoms with E-state index in [1.165, 1.54) is 0 Å². The molecule has 0 radical (unpaired) electrons. The Balaban J connectivity index is 3.61. The predicted molar refractivity (Wildman–Crippen MR) is 51.4 cm³/mol. The van der Waals surface area contributed by atoms with E-state index in [9.17, 15) is 5.11 Å². The van der Waals surface area contributed by atoms with Gasteiger partial charge in [-0.25, -0.2) is 0 Å². The quantitative estimate of drug-likeness (QED) is 0.431. The lowest BCUT2D eigenvalue weighted by Gasteiger charge is -2.25. The average Bonchev–Trinajstić information content (AvgIpc) is 2.17. The van der Waals surface area contributed by atoms with E-state index in [0.717, 1.165) is 0 Å². The van der Waals surface area contributed by atoms with E-state index in [1.54, 1.807) is 6.92 Å². The Morgan fingerprint density at radius 2 is 1.85 bits per heavy atom. The highest BCUT2D eigenvalue weighted by atomic mass is 16.3. The minimum Gasteiger partial charge on any atom is -0.396 e. The second-order valence-corrected chi connectivity index (χ2v) is 3.82. The maximum atomic E-state index is 9.21. The van der Waals surface area contributed by atoms with Crippen LogP contribution in [0.25, 0.3) is 0 Å². The molecule has 0 aliphatic rings. The molecule has 0 fully saturated rings. The zero-order chi connectivity index (χ0) is 10.3. The van der Waals surface area contributed by atoms with E-state index < -0.39 is 5.41 Å². The maximum absolute atomic E-state index is 9.21. The lowest BCUT2D eigenvalue weighted by atomic mass is 9.93. The monoisotopic (exact) mass is 191 g/mol. The fraction of sp³-hybridized carbons (Fsp3) is 1.00. The van der Waals surface area contributed by atoms with Gasteiger partial charge in [-0.15, -0.1) is 0 Å². The Labute approximate surface area is 79.6 Å². The highest BCUT2D eigenvalue weighted by Gasteiger charge is 2.21. The van der Waals surface area contributed by atoms with Crippen LogP contribution in [-0.4, -0.2) is 47.7 Å². The summed E-state index contributed by atoms with van der Waals surface area (Å²) < 4.78 is 0. The van der Waals surface area contributed by atoms with Crippen molar-refractivity contribution < 1.29 is 15.3 Å². The molecular formula is C9H21NO3. The minimum absolute atomic E-state index is 0.0568. The van der Waals surface area contributed by atoms with E-state index in [4.69, 9.17) is 10.2 Å². The first kappa shape index (κ1) is 12.8. The first-order valence-corrected chi connectivity index (χ1v) is 4.68. The van der Waals surface area contributed by atoms with Crippen LogP contribution >= 0.6 is 0 Å². The highest BCUT2D eigenvalue weighted by Crippen LogP contribution is 2.11. The molecule has 0 aromatic rings. The molecule has 1 unspecified atom stereocenters. The summed E-state index contributed by atoms with van der Waals surface area (Å²) in [4.78, 5) is 0. The van der Waals surface area contributed by atoms with Gasteiger partial charge in [0.1, 0.15) is 0 Å². The SMILES string of the molecule is CCC(O)CNCC(C)(CO)CO. The summed E-state index contributed by atoms with van der Waals surface area (Å²) in [7, 11) is 0. The van der Waals surface area contributed by atoms with Gasteiger partial charge in [0.15, 0.2) is 0 Å². The summed E-state index contributed by atoms with van der Waals surface area (Å²) in [5.74, 6) is 0. The van der Waals surface area contributed by atoms with Gasteiger partial charge in [-0.05, 0) is 6.42 Å². The Bertz CT molecular complexity index is 126. The van der Waals surface area contributed by atoms with Crippen molar-refractivity contribution in [2.24, 2.45) is 5.41 Å². The Hall–Kier alpha value is -0.160. The number of nitrogens with one attached hydrogen (secondary N) is 1. The largest absolute Gasteiger partial charge is 0.396 e. The zero-order valence-corrected chi connectivity index (χ0v) is 8.45. The van der Waals surface area contributed by atoms with Crippen LogP contribution in [0.1, 0.15) is 20.3 Å². The highest BCUT2D eigenvalue weighted by molar-refractivity contribution is 4.75. The number of aliphatic hydroxyl groups excluding tert-OH is 3. The van der Waals surface area contributed by atoms with Crippen LogP contribution in [0.4, 0.5) is 0 Å². The van der Waals surface area contributed by atoms with Gasteiger partial charge < -0.3 is 20.6 Å². The molecule has 0 aromatic heterocycles. The molecule has 4 nitrogen and oxygen atoms in total. The molecule has 1 atom stereocenters. The Morgan fingerprint density at radius 1 is 1.31 bits per heavy atom. The van der Waals surface area contributed by atoms with E-state index in [1.807, 2.05) is 6.92 Å². The number of hydrogen-bond donors (Lipinski definition) is 4. The third-order valence-electron chi connectivity index (χ3n) is 2.17. The van der Waals surface area contributed by atoms with Crippen LogP contribution in [-0.2, 0) is 0 Å². The summed E-state index contributed by atoms with van der Waals surface area (Å²) in [6.45, 7) is 4.60. The molecule has 0 saturated heterocycles. The predicted octanol–water partition coefficient (Wildman–Crippen LogP) is -0.662. The first-order chi connectivity index (χ1) is 6.08. The van der Waals surface area contributed by atoms with Gasteiger partial charge in [-0.1, -0.05) is 13.8 Å². The van der Waals surface area contributed by atoms with E-state index in [2.05, 4.69) is 5.32 Å². The standard InChI is InChI=1S/C9H21NO3/c1-3-8(13)4-10-5-9(2,6-11)7-12/h8,10-13H,3-7H2,1-2H3. The van der Waals surface area contributed by atoms with Crippen LogP contribution < -0.4 is 5.32 Å². The zero-order valence-electron chi connectivity index (χ0n) is 8.45. The molecule has 0 bridgehead atoms. The van der Waals surface area contributed by atoms with Crippen LogP contribution in [0, 0.1) is 5.41 Å². The Morgan fingerprint density at radius 3 is 2.23 bits per heavy atom. The number of rotatable bonds is 7. The molecule has 4 N–H and O–H groups in total. The molecule has 0 amide bonds. The molecule has 0 rings (SSSR count). The molecule has 0 heterocycles. The van der Waals surface area contributed by atoms with Crippen LogP contribution in [0.15, 0.2) is 0 Å². The minimum atomic E-state index is -0.493. The first-order valence-electron chi connectivity index (χ1n) is 4.68. The second kappa shape index (κ2) is 6.32. The summed E-state index contributed by atoms with van der Waals surface area (Å²) in [6, 6.07) is 0. The normalized spacial score (nSPS) is 14.5. The van der Waals surface area contributed by atoms with E-state index in [-0.39, 0.29) is 19.3 Å². The molecule has 0 aromatic carbocycles. The van der Waals surface area contributed by atoms with Gasteiger partial charge in [0.05, 0.1) is 19.3 Å². The van der Waals surface area contributed by atoms with Crippen molar-refractivity contribution in [1.82, 2.24) is 5.32 Å². The van der Waals surface area contributed by atoms with Gasteiger partial charge in [-0.3, -0.25) is 0 Å². The van der Waals surface area contributed by atoms with Crippen molar-refractivity contribution in [3.63, 3.8) is 0 Å². The smallest absolute Gasteiger partial charge is 0.0662 e. The van der Waals surface area contributed by atoms with Crippen LogP contribution in [0.2, 0.25) is 0 Å². The summed E-state index contributed by atoms with van der Waals surface area (Å²) in [6.07, 6.45) is 0.365. The molecular weight excluding hydrogens is 170 g/mol. The third kappa shape index (κ3) is 5.21. The van der Waals surface area contributed by atoms with Gasteiger partial charge in [0.2, 0.25) is 0 Å². The molecule has 0 aliphatic heterocycles.